The van der Waals surface area contributed by atoms with Crippen molar-refractivity contribution >= 4 is 34.6 Å². The van der Waals surface area contributed by atoms with Crippen LogP contribution in [0.1, 0.15) is 13.3 Å². The number of nitrogens with one attached hydrogen (secondary N) is 1. The number of nitrogen functional groups attached to an aromatic ring is 1. The second-order valence-electron chi connectivity index (χ2n) is 3.93. The number of benzene rings is 1. The minimum atomic E-state index is -0.814. The quantitative estimate of drug-likeness (QED) is 0.622. The first-order valence-electron chi connectivity index (χ1n) is 5.22. The average molecular weight is 279 g/mol. The van der Waals surface area contributed by atoms with Gasteiger partial charge in [0.05, 0.1) is 40.2 Å². The van der Waals surface area contributed by atoms with Crippen LogP contribution in [0, 0.1) is 0 Å². The number of hydrogen-bond donors (Lipinski definition) is 4. The smallest absolute Gasteiger partial charge is 0.0832 e. The van der Waals surface area contributed by atoms with Crippen molar-refractivity contribution in [2.24, 2.45) is 0 Å². The summed E-state index contributed by atoms with van der Waals surface area (Å²) in [7, 11) is 0. The molecule has 0 aliphatic carbocycles. The summed E-state index contributed by atoms with van der Waals surface area (Å²) in [5.41, 5.74) is 5.94. The van der Waals surface area contributed by atoms with Crippen LogP contribution in [0.3, 0.4) is 0 Å². The fourth-order valence-electron chi connectivity index (χ4n) is 1.40. The van der Waals surface area contributed by atoms with Crippen molar-refractivity contribution in [1.82, 2.24) is 0 Å². The van der Waals surface area contributed by atoms with Crippen molar-refractivity contribution in [3.63, 3.8) is 0 Å². The molecule has 0 unspecified atom stereocenters. The summed E-state index contributed by atoms with van der Waals surface area (Å²) in [6.07, 6.45) is 0.541. The number of aliphatic hydroxyl groups excluding tert-OH is 2. The third-order valence-corrected chi connectivity index (χ3v) is 3.50. The van der Waals surface area contributed by atoms with Crippen LogP contribution < -0.4 is 11.1 Å². The molecule has 0 spiro atoms. The molecule has 1 aromatic carbocycles. The van der Waals surface area contributed by atoms with Crippen LogP contribution in [0.2, 0.25) is 10.0 Å². The van der Waals surface area contributed by atoms with E-state index in [0.29, 0.717) is 27.8 Å². The van der Waals surface area contributed by atoms with Crippen LogP contribution in [0.15, 0.2) is 12.1 Å². The van der Waals surface area contributed by atoms with Crippen LogP contribution in [0.4, 0.5) is 11.4 Å². The van der Waals surface area contributed by atoms with E-state index >= 15 is 0 Å². The molecule has 0 saturated carbocycles. The standard InChI is InChI=1S/C11H16Cl2N2O2/c1-2-11(5-16,6-17)15-10-4-8(13)7(12)3-9(10)14/h3-4,15-17H,2,5-6,14H2,1H3. The van der Waals surface area contributed by atoms with Gasteiger partial charge in [-0.05, 0) is 18.6 Å². The lowest BCUT2D eigenvalue weighted by molar-refractivity contribution is 0.132. The van der Waals surface area contributed by atoms with Crippen LogP contribution in [-0.2, 0) is 0 Å². The Morgan fingerprint density at radius 1 is 1.24 bits per heavy atom. The number of aliphatic hydroxyl groups is 2. The first kappa shape index (κ1) is 14.4. The Morgan fingerprint density at radius 3 is 2.24 bits per heavy atom. The summed E-state index contributed by atoms with van der Waals surface area (Å²) < 4.78 is 0. The second-order valence-corrected chi connectivity index (χ2v) is 4.74. The minimum absolute atomic E-state index is 0.209. The van der Waals surface area contributed by atoms with Crippen LogP contribution >= 0.6 is 23.2 Å². The van der Waals surface area contributed by atoms with Gasteiger partial charge >= 0.3 is 0 Å². The van der Waals surface area contributed by atoms with Gasteiger partial charge in [0, 0.05) is 0 Å². The van der Waals surface area contributed by atoms with Gasteiger partial charge in [0.25, 0.3) is 0 Å². The molecule has 1 rings (SSSR count). The van der Waals surface area contributed by atoms with Gasteiger partial charge in [-0.2, -0.15) is 0 Å². The summed E-state index contributed by atoms with van der Waals surface area (Å²) in [5.74, 6) is 0. The van der Waals surface area contributed by atoms with Crippen molar-refractivity contribution in [1.29, 1.82) is 0 Å². The Kier molecular flexibility index (Phi) is 4.89. The zero-order chi connectivity index (χ0) is 13.1. The van der Waals surface area contributed by atoms with E-state index < -0.39 is 5.54 Å². The Bertz CT molecular complexity index is 387. The Hall–Kier alpha value is -0.680. The van der Waals surface area contributed by atoms with Gasteiger partial charge < -0.3 is 21.3 Å². The maximum atomic E-state index is 9.33. The van der Waals surface area contributed by atoms with Gasteiger partial charge in [-0.15, -0.1) is 0 Å². The number of rotatable bonds is 5. The third-order valence-electron chi connectivity index (χ3n) is 2.77. The summed E-state index contributed by atoms with van der Waals surface area (Å²) in [6.45, 7) is 1.44. The Labute approximate surface area is 110 Å². The zero-order valence-electron chi connectivity index (χ0n) is 9.50. The van der Waals surface area contributed by atoms with Crippen molar-refractivity contribution in [2.45, 2.75) is 18.9 Å². The molecular formula is C11H16Cl2N2O2. The molecule has 0 amide bonds. The molecule has 0 fully saturated rings. The monoisotopic (exact) mass is 278 g/mol. The van der Waals surface area contributed by atoms with Gasteiger partial charge in [0.1, 0.15) is 0 Å². The van der Waals surface area contributed by atoms with Crippen molar-refractivity contribution in [2.75, 3.05) is 24.3 Å². The molecule has 4 nitrogen and oxygen atoms in total. The molecule has 1 aromatic rings. The van der Waals surface area contributed by atoms with Crippen molar-refractivity contribution < 1.29 is 10.2 Å². The number of hydrogen-bond acceptors (Lipinski definition) is 4. The molecule has 0 saturated heterocycles. The Balaban J connectivity index is 3.05. The topological polar surface area (TPSA) is 78.5 Å². The molecule has 0 aliphatic heterocycles. The highest BCUT2D eigenvalue weighted by atomic mass is 35.5. The molecule has 0 heterocycles. The lowest BCUT2D eigenvalue weighted by Crippen LogP contribution is -2.45. The average Bonchev–Trinajstić information content (AvgIpc) is 2.33. The maximum absolute atomic E-state index is 9.33. The lowest BCUT2D eigenvalue weighted by atomic mass is 9.98. The predicted molar refractivity (Wildman–Crippen MR) is 71.7 cm³/mol. The summed E-state index contributed by atoms with van der Waals surface area (Å²) in [5, 5.41) is 22.4. The van der Waals surface area contributed by atoms with Gasteiger partial charge in [-0.3, -0.25) is 0 Å². The molecule has 5 N–H and O–H groups in total. The summed E-state index contributed by atoms with van der Waals surface area (Å²) in [6, 6.07) is 3.11. The molecule has 0 bridgehead atoms. The van der Waals surface area contributed by atoms with Gasteiger partial charge in [-0.25, -0.2) is 0 Å². The maximum Gasteiger partial charge on any atom is 0.0832 e. The van der Waals surface area contributed by atoms with E-state index in [1.165, 1.54) is 6.07 Å². The van der Waals surface area contributed by atoms with E-state index in [-0.39, 0.29) is 13.2 Å². The van der Waals surface area contributed by atoms with Gasteiger partial charge in [0.15, 0.2) is 0 Å². The van der Waals surface area contributed by atoms with Crippen LogP contribution in [-0.4, -0.2) is 29.0 Å². The fourth-order valence-corrected chi connectivity index (χ4v) is 1.73. The van der Waals surface area contributed by atoms with E-state index in [1.807, 2.05) is 6.92 Å². The molecule has 0 atom stereocenters. The van der Waals surface area contributed by atoms with Crippen LogP contribution in [0.5, 0.6) is 0 Å². The normalized spacial score (nSPS) is 11.6. The third kappa shape index (κ3) is 3.16. The largest absolute Gasteiger partial charge is 0.397 e. The van der Waals surface area contributed by atoms with E-state index in [0.717, 1.165) is 0 Å². The van der Waals surface area contributed by atoms with Gasteiger partial charge in [0.2, 0.25) is 0 Å². The lowest BCUT2D eigenvalue weighted by Gasteiger charge is -2.31. The number of anilines is 2. The van der Waals surface area contributed by atoms with Crippen molar-refractivity contribution in [3.8, 4) is 0 Å². The Morgan fingerprint density at radius 2 is 1.76 bits per heavy atom. The highest BCUT2D eigenvalue weighted by molar-refractivity contribution is 6.42. The second kappa shape index (κ2) is 5.78. The van der Waals surface area contributed by atoms with Crippen LogP contribution in [0.25, 0.3) is 0 Å². The number of halogens is 2. The molecule has 6 heteroatoms. The SMILES string of the molecule is CCC(CO)(CO)Nc1cc(Cl)c(Cl)cc1N. The van der Waals surface area contributed by atoms with E-state index in [4.69, 9.17) is 28.9 Å². The highest BCUT2D eigenvalue weighted by Crippen LogP contribution is 2.32. The van der Waals surface area contributed by atoms with E-state index in [9.17, 15) is 10.2 Å². The van der Waals surface area contributed by atoms with E-state index in [2.05, 4.69) is 5.32 Å². The number of nitrogens with two attached hydrogens (primary N) is 1. The molecule has 0 aliphatic rings. The van der Waals surface area contributed by atoms with Gasteiger partial charge in [-0.1, -0.05) is 30.1 Å². The first-order valence-corrected chi connectivity index (χ1v) is 5.98. The molecule has 0 aromatic heterocycles. The molecule has 17 heavy (non-hydrogen) atoms. The molecular weight excluding hydrogens is 263 g/mol. The minimum Gasteiger partial charge on any atom is -0.397 e. The van der Waals surface area contributed by atoms with E-state index in [1.54, 1.807) is 6.07 Å². The summed E-state index contributed by atoms with van der Waals surface area (Å²) >= 11 is 11.7. The highest BCUT2D eigenvalue weighted by Gasteiger charge is 2.27. The molecule has 0 radical (unpaired) electrons. The summed E-state index contributed by atoms with van der Waals surface area (Å²) in [4.78, 5) is 0. The predicted octanol–water partition coefficient (Wildman–Crippen LogP) is 2.12. The molecule has 96 valence electrons. The zero-order valence-corrected chi connectivity index (χ0v) is 11.0. The first-order chi connectivity index (χ1) is 7.98. The fraction of sp³-hybridized carbons (Fsp3) is 0.455. The van der Waals surface area contributed by atoms with Crippen molar-refractivity contribution in [3.05, 3.63) is 22.2 Å².